The van der Waals surface area contributed by atoms with Gasteiger partial charge in [0.05, 0.1) is 0 Å². The molecule has 0 aromatic heterocycles. The number of hydrogen-bond acceptors (Lipinski definition) is 1. The molecular weight excluding hydrogens is 194 g/mol. The SMILES string of the molecule is Cc1cccc(C=CCN2CC=[C]CC2)c1. The molecule has 0 fully saturated rings. The third-order valence-electron chi connectivity index (χ3n) is 2.78. The quantitative estimate of drug-likeness (QED) is 0.744. The molecule has 0 saturated carbocycles. The normalized spacial score (nSPS) is 17.1. The fourth-order valence-electron chi connectivity index (χ4n) is 1.89. The molecule has 0 bridgehead atoms. The Hall–Kier alpha value is -1.34. The first-order valence-electron chi connectivity index (χ1n) is 5.85. The molecule has 1 aliphatic rings. The molecule has 0 atom stereocenters. The van der Waals surface area contributed by atoms with Crippen LogP contribution in [0.4, 0.5) is 0 Å². The van der Waals surface area contributed by atoms with Crippen LogP contribution < -0.4 is 0 Å². The third kappa shape index (κ3) is 3.35. The van der Waals surface area contributed by atoms with E-state index in [1.165, 1.54) is 11.1 Å². The minimum atomic E-state index is 1.03. The van der Waals surface area contributed by atoms with Crippen LogP contribution in [0.5, 0.6) is 0 Å². The van der Waals surface area contributed by atoms with Gasteiger partial charge in [-0.05, 0) is 25.0 Å². The first kappa shape index (κ1) is 11.2. The third-order valence-corrected chi connectivity index (χ3v) is 2.78. The zero-order valence-electron chi connectivity index (χ0n) is 9.82. The molecule has 0 amide bonds. The minimum Gasteiger partial charge on any atom is -0.296 e. The van der Waals surface area contributed by atoms with Gasteiger partial charge in [0.15, 0.2) is 0 Å². The molecule has 1 nitrogen and oxygen atoms in total. The minimum absolute atomic E-state index is 1.03. The van der Waals surface area contributed by atoms with E-state index in [1.807, 2.05) is 0 Å². The van der Waals surface area contributed by atoms with Crippen molar-refractivity contribution >= 4 is 6.08 Å². The Bertz CT molecular complexity index is 390. The van der Waals surface area contributed by atoms with Crippen molar-refractivity contribution in [3.63, 3.8) is 0 Å². The van der Waals surface area contributed by atoms with Crippen molar-refractivity contribution in [1.29, 1.82) is 0 Å². The van der Waals surface area contributed by atoms with E-state index in [1.54, 1.807) is 0 Å². The Balaban J connectivity index is 1.87. The summed E-state index contributed by atoms with van der Waals surface area (Å²) >= 11 is 0. The second-order valence-electron chi connectivity index (χ2n) is 4.23. The summed E-state index contributed by atoms with van der Waals surface area (Å²) in [5.74, 6) is 0. The number of aryl methyl sites for hydroxylation is 1. The number of hydrogen-bond donors (Lipinski definition) is 0. The van der Waals surface area contributed by atoms with Crippen molar-refractivity contribution < 1.29 is 0 Å². The lowest BCUT2D eigenvalue weighted by Crippen LogP contribution is -2.27. The molecule has 1 aromatic rings. The summed E-state index contributed by atoms with van der Waals surface area (Å²) in [6, 6.07) is 8.59. The molecule has 0 spiro atoms. The highest BCUT2D eigenvalue weighted by Crippen LogP contribution is 2.06. The van der Waals surface area contributed by atoms with Crippen LogP contribution in [-0.2, 0) is 0 Å². The summed E-state index contributed by atoms with van der Waals surface area (Å²) in [6.45, 7) is 5.33. The average molecular weight is 212 g/mol. The molecular formula is C15H18N. The van der Waals surface area contributed by atoms with Gasteiger partial charge in [0, 0.05) is 19.6 Å². The van der Waals surface area contributed by atoms with Crippen molar-refractivity contribution in [1.82, 2.24) is 4.90 Å². The van der Waals surface area contributed by atoms with Gasteiger partial charge in [-0.15, -0.1) is 0 Å². The van der Waals surface area contributed by atoms with Gasteiger partial charge in [-0.2, -0.15) is 0 Å². The number of rotatable bonds is 3. The zero-order chi connectivity index (χ0) is 11.2. The van der Waals surface area contributed by atoms with E-state index >= 15 is 0 Å². The van der Waals surface area contributed by atoms with Crippen molar-refractivity contribution in [3.05, 3.63) is 53.6 Å². The van der Waals surface area contributed by atoms with Crippen LogP contribution >= 0.6 is 0 Å². The van der Waals surface area contributed by atoms with Gasteiger partial charge in [0.2, 0.25) is 0 Å². The van der Waals surface area contributed by atoms with E-state index in [-0.39, 0.29) is 0 Å². The zero-order valence-corrected chi connectivity index (χ0v) is 9.82. The van der Waals surface area contributed by atoms with Crippen molar-refractivity contribution in [2.75, 3.05) is 19.6 Å². The standard InChI is InChI=1S/C15H18N/c1-14-7-5-8-15(13-14)9-6-12-16-10-3-2-4-11-16/h3,5-9,13H,4,10-12H2,1H3. The molecule has 1 aromatic carbocycles. The van der Waals surface area contributed by atoms with Gasteiger partial charge in [-0.25, -0.2) is 0 Å². The molecule has 0 unspecified atom stereocenters. The van der Waals surface area contributed by atoms with E-state index < -0.39 is 0 Å². The highest BCUT2D eigenvalue weighted by Gasteiger charge is 2.02. The Kier molecular flexibility index (Phi) is 3.95. The van der Waals surface area contributed by atoms with Crippen LogP contribution in [0.25, 0.3) is 6.08 Å². The van der Waals surface area contributed by atoms with E-state index in [0.717, 1.165) is 26.1 Å². The summed E-state index contributed by atoms with van der Waals surface area (Å²) in [5.41, 5.74) is 2.61. The summed E-state index contributed by atoms with van der Waals surface area (Å²) in [6.07, 6.45) is 10.9. The Labute approximate surface area is 98.1 Å². The summed E-state index contributed by atoms with van der Waals surface area (Å²) in [4.78, 5) is 2.42. The topological polar surface area (TPSA) is 3.24 Å². The molecule has 1 radical (unpaired) electrons. The maximum absolute atomic E-state index is 3.24. The Morgan fingerprint density at radius 2 is 2.38 bits per heavy atom. The molecule has 83 valence electrons. The van der Waals surface area contributed by atoms with Crippen molar-refractivity contribution in [2.45, 2.75) is 13.3 Å². The predicted molar refractivity (Wildman–Crippen MR) is 69.1 cm³/mol. The number of benzene rings is 1. The lowest BCUT2D eigenvalue weighted by molar-refractivity contribution is 0.328. The fraction of sp³-hybridized carbons (Fsp3) is 0.333. The van der Waals surface area contributed by atoms with Crippen molar-refractivity contribution in [2.24, 2.45) is 0 Å². The fourth-order valence-corrected chi connectivity index (χ4v) is 1.89. The molecule has 1 aliphatic heterocycles. The molecule has 0 aliphatic carbocycles. The van der Waals surface area contributed by atoms with E-state index in [4.69, 9.17) is 0 Å². The van der Waals surface area contributed by atoms with Gasteiger partial charge < -0.3 is 0 Å². The largest absolute Gasteiger partial charge is 0.296 e. The van der Waals surface area contributed by atoms with Crippen LogP contribution in [0.15, 0.2) is 36.4 Å². The molecule has 1 heteroatoms. The van der Waals surface area contributed by atoms with Crippen LogP contribution in [0.2, 0.25) is 0 Å². The number of nitrogens with zero attached hydrogens (tertiary/aromatic N) is 1. The van der Waals surface area contributed by atoms with Crippen LogP contribution in [0.3, 0.4) is 0 Å². The van der Waals surface area contributed by atoms with Gasteiger partial charge in [-0.3, -0.25) is 4.90 Å². The molecule has 0 saturated heterocycles. The molecule has 1 heterocycles. The summed E-state index contributed by atoms with van der Waals surface area (Å²) in [5, 5.41) is 0. The van der Waals surface area contributed by atoms with Crippen LogP contribution in [0.1, 0.15) is 17.5 Å². The van der Waals surface area contributed by atoms with E-state index in [2.05, 4.69) is 60.4 Å². The van der Waals surface area contributed by atoms with E-state index in [9.17, 15) is 0 Å². The maximum Gasteiger partial charge on any atom is 0.0172 e. The van der Waals surface area contributed by atoms with Crippen LogP contribution in [-0.4, -0.2) is 24.5 Å². The van der Waals surface area contributed by atoms with Crippen molar-refractivity contribution in [3.8, 4) is 0 Å². The first-order chi connectivity index (χ1) is 7.84. The van der Waals surface area contributed by atoms with Gasteiger partial charge in [-0.1, -0.05) is 48.1 Å². The Morgan fingerprint density at radius 1 is 1.44 bits per heavy atom. The monoisotopic (exact) mass is 212 g/mol. The summed E-state index contributed by atoms with van der Waals surface area (Å²) in [7, 11) is 0. The lowest BCUT2D eigenvalue weighted by Gasteiger charge is -2.20. The first-order valence-corrected chi connectivity index (χ1v) is 5.85. The van der Waals surface area contributed by atoms with Gasteiger partial charge in [0.25, 0.3) is 0 Å². The second kappa shape index (κ2) is 5.66. The summed E-state index contributed by atoms with van der Waals surface area (Å²) < 4.78 is 0. The maximum atomic E-state index is 3.24. The molecule has 16 heavy (non-hydrogen) atoms. The molecule has 0 N–H and O–H groups in total. The average Bonchev–Trinajstić information content (AvgIpc) is 2.30. The van der Waals surface area contributed by atoms with Crippen LogP contribution in [0, 0.1) is 13.0 Å². The predicted octanol–water partition coefficient (Wildman–Crippen LogP) is 3.07. The van der Waals surface area contributed by atoms with E-state index in [0.29, 0.717) is 0 Å². The highest BCUT2D eigenvalue weighted by atomic mass is 15.1. The molecule has 2 rings (SSSR count). The smallest absolute Gasteiger partial charge is 0.0172 e. The Morgan fingerprint density at radius 3 is 3.12 bits per heavy atom. The lowest BCUT2D eigenvalue weighted by atomic mass is 10.1. The second-order valence-corrected chi connectivity index (χ2v) is 4.23. The highest BCUT2D eigenvalue weighted by molar-refractivity contribution is 5.50. The van der Waals surface area contributed by atoms with Gasteiger partial charge >= 0.3 is 0 Å². The van der Waals surface area contributed by atoms with Gasteiger partial charge in [0.1, 0.15) is 0 Å².